The molecule has 0 saturated heterocycles. The highest BCUT2D eigenvalue weighted by molar-refractivity contribution is 5.94. The second-order valence-corrected chi connectivity index (χ2v) is 5.61. The van der Waals surface area contributed by atoms with Crippen LogP contribution in [0.2, 0.25) is 0 Å². The van der Waals surface area contributed by atoms with Gasteiger partial charge < -0.3 is 10.1 Å². The molecule has 134 valence electrons. The fourth-order valence-electron chi connectivity index (χ4n) is 2.42. The van der Waals surface area contributed by atoms with Crippen LogP contribution in [0.5, 0.6) is 5.75 Å². The van der Waals surface area contributed by atoms with Crippen molar-refractivity contribution in [1.29, 1.82) is 0 Å². The number of hydrogen-bond donors (Lipinski definition) is 1. The molecule has 1 N–H and O–H groups in total. The maximum absolute atomic E-state index is 12.1. The van der Waals surface area contributed by atoms with Crippen molar-refractivity contribution in [3.05, 3.63) is 83.7 Å². The number of alkyl halides is 2. The number of nitrogens with one attached hydrogen (secondary N) is 1. The highest BCUT2D eigenvalue weighted by Crippen LogP contribution is 2.15. The summed E-state index contributed by atoms with van der Waals surface area (Å²) in [6.45, 7) is -1.83. The lowest BCUT2D eigenvalue weighted by molar-refractivity contribution is -0.0498. The van der Waals surface area contributed by atoms with Crippen LogP contribution in [-0.2, 0) is 13.1 Å². The number of nitrogens with zero attached hydrogens (tertiary/aromatic N) is 2. The second kappa shape index (κ2) is 8.24. The van der Waals surface area contributed by atoms with Crippen molar-refractivity contribution in [3.63, 3.8) is 0 Å². The number of halogens is 2. The minimum Gasteiger partial charge on any atom is -0.435 e. The third-order valence-electron chi connectivity index (χ3n) is 3.72. The number of hydrogen-bond acceptors (Lipinski definition) is 3. The van der Waals surface area contributed by atoms with Crippen LogP contribution in [0.3, 0.4) is 0 Å². The molecule has 0 unspecified atom stereocenters. The zero-order chi connectivity index (χ0) is 18.4. The Hall–Kier alpha value is -3.22. The summed E-state index contributed by atoms with van der Waals surface area (Å²) in [5, 5.41) is 6.95. The molecule has 0 saturated carbocycles. The molecule has 7 heteroatoms. The van der Waals surface area contributed by atoms with Crippen molar-refractivity contribution in [3.8, 4) is 5.75 Å². The minimum atomic E-state index is -2.88. The monoisotopic (exact) mass is 357 g/mol. The number of benzene rings is 2. The Bertz CT molecular complexity index is 832. The molecule has 0 aliphatic heterocycles. The van der Waals surface area contributed by atoms with Crippen LogP contribution in [0.1, 0.15) is 21.5 Å². The van der Waals surface area contributed by atoms with Crippen molar-refractivity contribution in [2.75, 3.05) is 0 Å². The molecule has 2 aromatic carbocycles. The lowest BCUT2D eigenvalue weighted by Crippen LogP contribution is -2.22. The molecule has 0 bridgehead atoms. The molecule has 0 radical (unpaired) electrons. The van der Waals surface area contributed by atoms with Crippen molar-refractivity contribution >= 4 is 5.91 Å². The first-order valence-corrected chi connectivity index (χ1v) is 7.98. The molecule has 3 rings (SSSR count). The van der Waals surface area contributed by atoms with E-state index in [4.69, 9.17) is 0 Å². The van der Waals surface area contributed by atoms with Gasteiger partial charge >= 0.3 is 6.61 Å². The molecule has 1 heterocycles. The summed E-state index contributed by atoms with van der Waals surface area (Å²) in [6.07, 6.45) is 3.63. The zero-order valence-corrected chi connectivity index (χ0v) is 13.8. The van der Waals surface area contributed by atoms with Crippen molar-refractivity contribution in [2.45, 2.75) is 19.7 Å². The van der Waals surface area contributed by atoms with Gasteiger partial charge in [-0.3, -0.25) is 9.48 Å². The Balaban J connectivity index is 1.52. The van der Waals surface area contributed by atoms with E-state index in [1.54, 1.807) is 6.20 Å². The van der Waals surface area contributed by atoms with Crippen LogP contribution in [0.4, 0.5) is 8.78 Å². The average Bonchev–Trinajstić information content (AvgIpc) is 3.14. The summed E-state index contributed by atoms with van der Waals surface area (Å²) in [6, 6.07) is 15.3. The lowest BCUT2D eigenvalue weighted by atomic mass is 10.1. The van der Waals surface area contributed by atoms with Gasteiger partial charge in [-0.15, -0.1) is 0 Å². The van der Waals surface area contributed by atoms with Crippen LogP contribution in [0, 0.1) is 0 Å². The van der Waals surface area contributed by atoms with Gasteiger partial charge in [0.2, 0.25) is 0 Å². The molecule has 3 aromatic rings. The predicted molar refractivity (Wildman–Crippen MR) is 92.0 cm³/mol. The van der Waals surface area contributed by atoms with Crippen molar-refractivity contribution < 1.29 is 18.3 Å². The number of carbonyl (C=O) groups is 1. The van der Waals surface area contributed by atoms with Gasteiger partial charge in [-0.25, -0.2) is 0 Å². The third-order valence-corrected chi connectivity index (χ3v) is 3.72. The summed E-state index contributed by atoms with van der Waals surface area (Å²) in [5.41, 5.74) is 2.44. The van der Waals surface area contributed by atoms with Crippen LogP contribution in [0.25, 0.3) is 0 Å². The molecular formula is C19H17F2N3O2. The first-order chi connectivity index (χ1) is 12.6. The quantitative estimate of drug-likeness (QED) is 0.705. The van der Waals surface area contributed by atoms with Gasteiger partial charge in [0.15, 0.2) is 0 Å². The van der Waals surface area contributed by atoms with Crippen molar-refractivity contribution in [1.82, 2.24) is 15.1 Å². The largest absolute Gasteiger partial charge is 0.435 e. The molecule has 0 spiro atoms. The number of carbonyl (C=O) groups excluding carboxylic acids is 1. The van der Waals surface area contributed by atoms with Crippen LogP contribution < -0.4 is 10.1 Å². The van der Waals surface area contributed by atoms with E-state index in [2.05, 4.69) is 15.2 Å². The Morgan fingerprint density at radius 1 is 1.08 bits per heavy atom. The van der Waals surface area contributed by atoms with Gasteiger partial charge in [-0.05, 0) is 41.5 Å². The topological polar surface area (TPSA) is 56.2 Å². The zero-order valence-electron chi connectivity index (χ0n) is 13.8. The Morgan fingerprint density at radius 3 is 2.38 bits per heavy atom. The molecular weight excluding hydrogens is 340 g/mol. The standard InChI is InChI=1S/C19H17F2N3O2/c20-19(21)26-17-8-6-16(7-9-17)18(25)22-12-14-2-4-15(5-3-14)13-24-11-1-10-23-24/h1-11,19H,12-13H2,(H,22,25). The fraction of sp³-hybridized carbons (Fsp3) is 0.158. The number of ether oxygens (including phenoxy) is 1. The second-order valence-electron chi connectivity index (χ2n) is 5.61. The van der Waals surface area contributed by atoms with Gasteiger partial charge in [0.05, 0.1) is 6.54 Å². The Labute approximate surface area is 149 Å². The molecule has 0 atom stereocenters. The van der Waals surface area contributed by atoms with E-state index in [-0.39, 0.29) is 11.7 Å². The molecule has 1 amide bonds. The number of rotatable bonds is 7. The fourth-order valence-corrected chi connectivity index (χ4v) is 2.42. The summed E-state index contributed by atoms with van der Waals surface area (Å²) in [5.74, 6) is -0.265. The Kier molecular flexibility index (Phi) is 5.58. The lowest BCUT2D eigenvalue weighted by Gasteiger charge is -2.08. The van der Waals surface area contributed by atoms with Gasteiger partial charge in [0.1, 0.15) is 5.75 Å². The summed E-state index contributed by atoms with van der Waals surface area (Å²) < 4.78 is 30.3. The first kappa shape index (κ1) is 17.6. The van der Waals surface area contributed by atoms with Crippen LogP contribution in [0.15, 0.2) is 67.0 Å². The number of aromatic nitrogens is 2. The highest BCUT2D eigenvalue weighted by Gasteiger charge is 2.08. The smallest absolute Gasteiger partial charge is 0.387 e. The summed E-state index contributed by atoms with van der Waals surface area (Å²) in [7, 11) is 0. The van der Waals surface area contributed by atoms with Crippen LogP contribution in [-0.4, -0.2) is 22.3 Å². The van der Waals surface area contributed by atoms with E-state index >= 15 is 0 Å². The van der Waals surface area contributed by atoms with E-state index < -0.39 is 6.61 Å². The third kappa shape index (κ3) is 4.89. The minimum absolute atomic E-state index is 0.0179. The van der Waals surface area contributed by atoms with E-state index in [9.17, 15) is 13.6 Å². The van der Waals surface area contributed by atoms with Gasteiger partial charge in [0, 0.05) is 24.5 Å². The first-order valence-electron chi connectivity index (χ1n) is 7.98. The number of amides is 1. The summed E-state index contributed by atoms with van der Waals surface area (Å²) >= 11 is 0. The van der Waals surface area contributed by atoms with E-state index in [1.807, 2.05) is 41.2 Å². The van der Waals surface area contributed by atoms with E-state index in [1.165, 1.54) is 24.3 Å². The van der Waals surface area contributed by atoms with Crippen LogP contribution >= 0.6 is 0 Å². The SMILES string of the molecule is O=C(NCc1ccc(Cn2cccn2)cc1)c1ccc(OC(F)F)cc1. The van der Waals surface area contributed by atoms with Gasteiger partial charge in [0.25, 0.3) is 5.91 Å². The van der Waals surface area contributed by atoms with Crippen molar-refractivity contribution in [2.24, 2.45) is 0 Å². The predicted octanol–water partition coefficient (Wildman–Crippen LogP) is 3.46. The molecule has 5 nitrogen and oxygen atoms in total. The van der Waals surface area contributed by atoms with Gasteiger partial charge in [-0.1, -0.05) is 24.3 Å². The van der Waals surface area contributed by atoms with Gasteiger partial charge in [-0.2, -0.15) is 13.9 Å². The molecule has 26 heavy (non-hydrogen) atoms. The molecule has 0 fully saturated rings. The van der Waals surface area contributed by atoms with E-state index in [0.717, 1.165) is 11.1 Å². The average molecular weight is 357 g/mol. The Morgan fingerprint density at radius 2 is 1.77 bits per heavy atom. The normalized spacial score (nSPS) is 10.7. The molecule has 1 aromatic heterocycles. The maximum Gasteiger partial charge on any atom is 0.387 e. The van der Waals surface area contributed by atoms with E-state index in [0.29, 0.717) is 18.7 Å². The molecule has 0 aliphatic carbocycles. The molecule has 0 aliphatic rings. The maximum atomic E-state index is 12.1. The highest BCUT2D eigenvalue weighted by atomic mass is 19.3. The summed E-state index contributed by atoms with van der Waals surface area (Å²) in [4.78, 5) is 12.1.